The summed E-state index contributed by atoms with van der Waals surface area (Å²) in [5.74, 6) is 0. The van der Waals surface area contributed by atoms with Gasteiger partial charge in [0.25, 0.3) is 0 Å². The topological polar surface area (TPSA) is 12.0 Å². The Balaban J connectivity index is 2.19. The molecule has 2 aromatic carbocycles. The standard InChI is InChI=1S/C19H25N/c1-13-11-14(2)19(15(3)12-13)17(5)20-16(4)18-9-7-6-8-10-18/h6-12,16-17,20H,1-5H3. The van der Waals surface area contributed by atoms with Crippen LogP contribution >= 0.6 is 0 Å². The Hall–Kier alpha value is -1.60. The van der Waals surface area contributed by atoms with Crippen molar-refractivity contribution in [2.45, 2.75) is 46.7 Å². The first kappa shape index (κ1) is 14.8. The highest BCUT2D eigenvalue weighted by atomic mass is 14.9. The van der Waals surface area contributed by atoms with Crippen molar-refractivity contribution >= 4 is 0 Å². The van der Waals surface area contributed by atoms with E-state index in [0.29, 0.717) is 12.1 Å². The molecule has 1 nitrogen and oxygen atoms in total. The average molecular weight is 267 g/mol. The summed E-state index contributed by atoms with van der Waals surface area (Å²) in [6.45, 7) is 11.1. The first-order chi connectivity index (χ1) is 9.49. The molecule has 1 heteroatoms. The average Bonchev–Trinajstić information content (AvgIpc) is 2.38. The van der Waals surface area contributed by atoms with E-state index in [0.717, 1.165) is 0 Å². The molecule has 20 heavy (non-hydrogen) atoms. The summed E-state index contributed by atoms with van der Waals surface area (Å²) in [6.07, 6.45) is 0. The summed E-state index contributed by atoms with van der Waals surface area (Å²) in [4.78, 5) is 0. The van der Waals surface area contributed by atoms with Gasteiger partial charge >= 0.3 is 0 Å². The molecule has 0 aliphatic carbocycles. The van der Waals surface area contributed by atoms with Crippen LogP contribution in [-0.4, -0.2) is 0 Å². The van der Waals surface area contributed by atoms with Gasteiger partial charge in [-0.2, -0.15) is 0 Å². The van der Waals surface area contributed by atoms with Crippen LogP contribution in [0.1, 0.15) is 53.7 Å². The lowest BCUT2D eigenvalue weighted by Gasteiger charge is -2.24. The molecule has 0 spiro atoms. The molecule has 0 aromatic heterocycles. The highest BCUT2D eigenvalue weighted by Gasteiger charge is 2.15. The van der Waals surface area contributed by atoms with Crippen molar-refractivity contribution in [2.24, 2.45) is 0 Å². The molecule has 1 N–H and O–H groups in total. The fourth-order valence-electron chi connectivity index (χ4n) is 3.17. The Morgan fingerprint density at radius 2 is 1.35 bits per heavy atom. The molecule has 2 aromatic rings. The molecule has 0 aliphatic heterocycles. The van der Waals surface area contributed by atoms with E-state index in [9.17, 15) is 0 Å². The highest BCUT2D eigenvalue weighted by molar-refractivity contribution is 5.39. The minimum absolute atomic E-state index is 0.353. The molecule has 0 fully saturated rings. The van der Waals surface area contributed by atoms with Crippen LogP contribution in [0.4, 0.5) is 0 Å². The number of nitrogens with one attached hydrogen (secondary N) is 1. The molecule has 2 atom stereocenters. The van der Waals surface area contributed by atoms with Gasteiger partial charge in [-0.1, -0.05) is 48.0 Å². The van der Waals surface area contributed by atoms with E-state index in [-0.39, 0.29) is 0 Å². The SMILES string of the molecule is Cc1cc(C)c(C(C)NC(C)c2ccccc2)c(C)c1. The molecule has 0 bridgehead atoms. The zero-order valence-corrected chi connectivity index (χ0v) is 13.2. The Kier molecular flexibility index (Phi) is 4.61. The van der Waals surface area contributed by atoms with Gasteiger partial charge in [-0.05, 0) is 56.9 Å². The Morgan fingerprint density at radius 1 is 0.800 bits per heavy atom. The van der Waals surface area contributed by atoms with Crippen molar-refractivity contribution in [1.82, 2.24) is 5.32 Å². The van der Waals surface area contributed by atoms with E-state index < -0.39 is 0 Å². The minimum atomic E-state index is 0.353. The number of hydrogen-bond donors (Lipinski definition) is 1. The van der Waals surface area contributed by atoms with Gasteiger partial charge in [0.15, 0.2) is 0 Å². The summed E-state index contributed by atoms with van der Waals surface area (Å²) in [7, 11) is 0. The van der Waals surface area contributed by atoms with Crippen molar-refractivity contribution in [3.05, 3.63) is 70.3 Å². The predicted molar refractivity (Wildman–Crippen MR) is 87.1 cm³/mol. The maximum absolute atomic E-state index is 3.71. The first-order valence-corrected chi connectivity index (χ1v) is 7.37. The van der Waals surface area contributed by atoms with Crippen molar-refractivity contribution in [3.8, 4) is 0 Å². The maximum Gasteiger partial charge on any atom is 0.0302 e. The van der Waals surface area contributed by atoms with Gasteiger partial charge in [-0.3, -0.25) is 0 Å². The monoisotopic (exact) mass is 267 g/mol. The maximum atomic E-state index is 3.71. The Bertz CT molecular complexity index is 549. The smallest absolute Gasteiger partial charge is 0.0302 e. The van der Waals surface area contributed by atoms with Crippen LogP contribution in [0.15, 0.2) is 42.5 Å². The van der Waals surface area contributed by atoms with Gasteiger partial charge < -0.3 is 5.32 Å². The third kappa shape index (κ3) is 3.29. The van der Waals surface area contributed by atoms with Gasteiger partial charge in [-0.25, -0.2) is 0 Å². The lowest BCUT2D eigenvalue weighted by atomic mass is 9.94. The van der Waals surface area contributed by atoms with E-state index in [1.54, 1.807) is 0 Å². The van der Waals surface area contributed by atoms with E-state index in [1.807, 2.05) is 0 Å². The van der Waals surface area contributed by atoms with E-state index in [4.69, 9.17) is 0 Å². The van der Waals surface area contributed by atoms with Gasteiger partial charge in [0.2, 0.25) is 0 Å². The lowest BCUT2D eigenvalue weighted by Crippen LogP contribution is -2.23. The van der Waals surface area contributed by atoms with Crippen LogP contribution < -0.4 is 5.32 Å². The van der Waals surface area contributed by atoms with E-state index in [1.165, 1.54) is 27.8 Å². The van der Waals surface area contributed by atoms with Gasteiger partial charge in [-0.15, -0.1) is 0 Å². The van der Waals surface area contributed by atoms with Crippen molar-refractivity contribution in [1.29, 1.82) is 0 Å². The molecule has 2 rings (SSSR count). The van der Waals surface area contributed by atoms with Crippen molar-refractivity contribution in [3.63, 3.8) is 0 Å². The second-order valence-electron chi connectivity index (χ2n) is 5.83. The lowest BCUT2D eigenvalue weighted by molar-refractivity contribution is 0.491. The number of aryl methyl sites for hydroxylation is 3. The summed E-state index contributed by atoms with van der Waals surface area (Å²) < 4.78 is 0. The Morgan fingerprint density at radius 3 is 1.90 bits per heavy atom. The third-order valence-electron chi connectivity index (χ3n) is 3.97. The fraction of sp³-hybridized carbons (Fsp3) is 0.368. The minimum Gasteiger partial charge on any atom is -0.304 e. The molecule has 0 amide bonds. The Labute approximate surface area is 123 Å². The van der Waals surface area contributed by atoms with E-state index >= 15 is 0 Å². The normalized spacial score (nSPS) is 14.1. The fourth-order valence-corrected chi connectivity index (χ4v) is 3.17. The quantitative estimate of drug-likeness (QED) is 0.819. The van der Waals surface area contributed by atoms with Crippen LogP contribution in [0.25, 0.3) is 0 Å². The van der Waals surface area contributed by atoms with Crippen LogP contribution in [0.5, 0.6) is 0 Å². The van der Waals surface area contributed by atoms with E-state index in [2.05, 4.69) is 82.4 Å². The molecule has 0 heterocycles. The zero-order chi connectivity index (χ0) is 14.7. The number of benzene rings is 2. The largest absolute Gasteiger partial charge is 0.304 e. The summed E-state index contributed by atoms with van der Waals surface area (Å²) in [6, 6.07) is 15.9. The van der Waals surface area contributed by atoms with Crippen LogP contribution in [0.3, 0.4) is 0 Å². The van der Waals surface area contributed by atoms with Gasteiger partial charge in [0, 0.05) is 12.1 Å². The first-order valence-electron chi connectivity index (χ1n) is 7.37. The van der Waals surface area contributed by atoms with Crippen molar-refractivity contribution < 1.29 is 0 Å². The number of rotatable bonds is 4. The highest BCUT2D eigenvalue weighted by Crippen LogP contribution is 2.25. The zero-order valence-electron chi connectivity index (χ0n) is 13.2. The van der Waals surface area contributed by atoms with Gasteiger partial charge in [0.1, 0.15) is 0 Å². The molecular formula is C19H25N. The van der Waals surface area contributed by atoms with Crippen LogP contribution in [0.2, 0.25) is 0 Å². The van der Waals surface area contributed by atoms with Crippen molar-refractivity contribution in [2.75, 3.05) is 0 Å². The number of hydrogen-bond acceptors (Lipinski definition) is 1. The summed E-state index contributed by atoms with van der Waals surface area (Å²) in [5, 5.41) is 3.71. The molecule has 106 valence electrons. The molecular weight excluding hydrogens is 242 g/mol. The van der Waals surface area contributed by atoms with Crippen LogP contribution in [0, 0.1) is 20.8 Å². The predicted octanol–water partition coefficient (Wildman–Crippen LogP) is 5.02. The molecule has 0 saturated carbocycles. The summed E-state index contributed by atoms with van der Waals surface area (Å²) >= 11 is 0. The second-order valence-corrected chi connectivity index (χ2v) is 5.83. The third-order valence-corrected chi connectivity index (χ3v) is 3.97. The van der Waals surface area contributed by atoms with Crippen LogP contribution in [-0.2, 0) is 0 Å². The molecule has 0 saturated heterocycles. The van der Waals surface area contributed by atoms with Gasteiger partial charge in [0.05, 0.1) is 0 Å². The summed E-state index contributed by atoms with van der Waals surface area (Å²) in [5.41, 5.74) is 6.86. The molecule has 2 unspecified atom stereocenters. The second kappa shape index (κ2) is 6.23. The molecule has 0 aliphatic rings. The molecule has 0 radical (unpaired) electrons.